The SMILES string of the molecule is CC[C@@H](C)NC(=O)CSc1ncnc2sc(-c3ccccc3)cc12. The van der Waals surface area contributed by atoms with Gasteiger partial charge in [-0.2, -0.15) is 0 Å². The maximum atomic E-state index is 12.0. The van der Waals surface area contributed by atoms with Crippen LogP contribution in [-0.4, -0.2) is 27.7 Å². The van der Waals surface area contributed by atoms with Crippen LogP contribution in [0.4, 0.5) is 0 Å². The molecule has 24 heavy (non-hydrogen) atoms. The predicted molar refractivity (Wildman–Crippen MR) is 101 cm³/mol. The first-order valence-corrected chi connectivity index (χ1v) is 9.69. The van der Waals surface area contributed by atoms with Crippen molar-refractivity contribution in [2.75, 3.05) is 5.75 Å². The van der Waals surface area contributed by atoms with Crippen LogP contribution in [0.2, 0.25) is 0 Å². The number of rotatable bonds is 6. The van der Waals surface area contributed by atoms with Crippen LogP contribution < -0.4 is 5.32 Å². The number of nitrogens with zero attached hydrogens (tertiary/aromatic N) is 2. The Morgan fingerprint density at radius 2 is 2.08 bits per heavy atom. The fraction of sp³-hybridized carbons (Fsp3) is 0.278. The maximum Gasteiger partial charge on any atom is 0.230 e. The van der Waals surface area contributed by atoms with Crippen LogP contribution in [0.25, 0.3) is 20.7 Å². The first-order valence-electron chi connectivity index (χ1n) is 7.89. The summed E-state index contributed by atoms with van der Waals surface area (Å²) in [5.41, 5.74) is 1.17. The van der Waals surface area contributed by atoms with Crippen molar-refractivity contribution in [2.45, 2.75) is 31.3 Å². The highest BCUT2D eigenvalue weighted by molar-refractivity contribution is 8.00. The summed E-state index contributed by atoms with van der Waals surface area (Å²) in [4.78, 5) is 22.8. The van der Waals surface area contributed by atoms with Crippen molar-refractivity contribution in [1.29, 1.82) is 0 Å². The molecule has 0 unspecified atom stereocenters. The molecule has 2 aromatic heterocycles. The molecule has 6 heteroatoms. The molecule has 3 rings (SSSR count). The lowest BCUT2D eigenvalue weighted by molar-refractivity contribution is -0.119. The summed E-state index contributed by atoms with van der Waals surface area (Å²) in [5.74, 6) is 0.409. The standard InChI is InChI=1S/C18H19N3OS2/c1-3-12(2)21-16(22)10-23-17-14-9-15(13-7-5-4-6-8-13)24-18(14)20-11-19-17/h4-9,11-12H,3,10H2,1-2H3,(H,21,22)/t12-/m1/s1. The molecule has 3 aromatic rings. The van der Waals surface area contributed by atoms with Crippen molar-refractivity contribution in [2.24, 2.45) is 0 Å². The quantitative estimate of drug-likeness (QED) is 0.526. The van der Waals surface area contributed by atoms with Crippen LogP contribution in [0.15, 0.2) is 47.8 Å². The third-order valence-corrected chi connectivity index (χ3v) is 5.81. The number of hydrogen-bond acceptors (Lipinski definition) is 5. The first kappa shape index (κ1) is 16.9. The summed E-state index contributed by atoms with van der Waals surface area (Å²) in [7, 11) is 0. The maximum absolute atomic E-state index is 12.0. The number of thiophene rings is 1. The van der Waals surface area contributed by atoms with Gasteiger partial charge in [-0.05, 0) is 25.0 Å². The van der Waals surface area contributed by atoms with Crippen molar-refractivity contribution in [1.82, 2.24) is 15.3 Å². The van der Waals surface area contributed by atoms with Crippen LogP contribution in [0.3, 0.4) is 0 Å². The van der Waals surface area contributed by atoms with Gasteiger partial charge < -0.3 is 5.32 Å². The van der Waals surface area contributed by atoms with E-state index >= 15 is 0 Å². The summed E-state index contributed by atoms with van der Waals surface area (Å²) in [6, 6.07) is 12.6. The minimum atomic E-state index is 0.0413. The van der Waals surface area contributed by atoms with Gasteiger partial charge in [-0.3, -0.25) is 4.79 Å². The van der Waals surface area contributed by atoms with Gasteiger partial charge in [0.05, 0.1) is 5.75 Å². The van der Waals surface area contributed by atoms with Crippen LogP contribution >= 0.6 is 23.1 Å². The molecule has 1 N–H and O–H groups in total. The molecule has 0 fully saturated rings. The van der Waals surface area contributed by atoms with Gasteiger partial charge in [0.15, 0.2) is 0 Å². The zero-order chi connectivity index (χ0) is 16.9. The van der Waals surface area contributed by atoms with Gasteiger partial charge in [-0.25, -0.2) is 9.97 Å². The molecule has 1 atom stereocenters. The Hall–Kier alpha value is -1.92. The molecule has 2 heterocycles. The number of carbonyl (C=O) groups excluding carboxylic acids is 1. The third kappa shape index (κ3) is 3.94. The summed E-state index contributed by atoms with van der Waals surface area (Å²) in [5, 5.41) is 4.85. The molecule has 0 spiro atoms. The Morgan fingerprint density at radius 1 is 1.29 bits per heavy atom. The number of hydrogen-bond donors (Lipinski definition) is 1. The Kier molecular flexibility index (Phi) is 5.48. The smallest absolute Gasteiger partial charge is 0.230 e. The molecular formula is C18H19N3OS2. The van der Waals surface area contributed by atoms with Gasteiger partial charge in [-0.1, -0.05) is 49.0 Å². The lowest BCUT2D eigenvalue weighted by atomic mass is 10.2. The molecular weight excluding hydrogens is 338 g/mol. The molecule has 0 bridgehead atoms. The highest BCUT2D eigenvalue weighted by Crippen LogP contribution is 2.35. The average molecular weight is 358 g/mol. The van der Waals surface area contributed by atoms with Gasteiger partial charge in [0.2, 0.25) is 5.91 Å². The average Bonchev–Trinajstić information content (AvgIpc) is 3.05. The normalized spacial score (nSPS) is 12.2. The fourth-order valence-electron chi connectivity index (χ4n) is 2.25. The number of fused-ring (bicyclic) bond motifs is 1. The van der Waals surface area contributed by atoms with Gasteiger partial charge in [0.1, 0.15) is 16.2 Å². The molecule has 0 radical (unpaired) electrons. The topological polar surface area (TPSA) is 54.9 Å². The Labute approximate surface area is 149 Å². The van der Waals surface area contributed by atoms with E-state index in [9.17, 15) is 4.79 Å². The molecule has 1 amide bonds. The Balaban J connectivity index is 1.79. The molecule has 0 aliphatic heterocycles. The van der Waals surface area contributed by atoms with Gasteiger partial charge >= 0.3 is 0 Å². The number of amides is 1. The number of benzene rings is 1. The first-order chi connectivity index (χ1) is 11.7. The van der Waals surface area contributed by atoms with E-state index in [0.29, 0.717) is 5.75 Å². The van der Waals surface area contributed by atoms with Crippen molar-refractivity contribution in [3.63, 3.8) is 0 Å². The molecule has 124 valence electrons. The van der Waals surface area contributed by atoms with Crippen molar-refractivity contribution < 1.29 is 4.79 Å². The summed E-state index contributed by atoms with van der Waals surface area (Å²) < 4.78 is 0. The van der Waals surface area contributed by atoms with Gasteiger partial charge in [0.25, 0.3) is 0 Å². The van der Waals surface area contributed by atoms with Crippen molar-refractivity contribution in [3.8, 4) is 10.4 Å². The second-order valence-corrected chi connectivity index (χ2v) is 7.53. The zero-order valence-corrected chi connectivity index (χ0v) is 15.3. The molecule has 1 aromatic carbocycles. The lowest BCUT2D eigenvalue weighted by Gasteiger charge is -2.10. The number of aromatic nitrogens is 2. The van der Waals surface area contributed by atoms with E-state index in [2.05, 4.69) is 40.4 Å². The minimum absolute atomic E-state index is 0.0413. The second-order valence-electron chi connectivity index (χ2n) is 5.54. The lowest BCUT2D eigenvalue weighted by Crippen LogP contribution is -2.33. The summed E-state index contributed by atoms with van der Waals surface area (Å²) in [6.45, 7) is 4.07. The predicted octanol–water partition coefficient (Wildman–Crippen LogP) is 4.37. The molecule has 0 aliphatic rings. The fourth-order valence-corrected chi connectivity index (χ4v) is 4.10. The van der Waals surface area contributed by atoms with E-state index < -0.39 is 0 Å². The van der Waals surface area contributed by atoms with Crippen molar-refractivity contribution in [3.05, 3.63) is 42.7 Å². The van der Waals surface area contributed by atoms with Crippen LogP contribution in [0.1, 0.15) is 20.3 Å². The van der Waals surface area contributed by atoms with Crippen LogP contribution in [-0.2, 0) is 4.79 Å². The van der Waals surface area contributed by atoms with E-state index in [4.69, 9.17) is 0 Å². The van der Waals surface area contributed by atoms with E-state index in [-0.39, 0.29) is 11.9 Å². The van der Waals surface area contributed by atoms with E-state index in [1.165, 1.54) is 17.3 Å². The van der Waals surface area contributed by atoms with Crippen LogP contribution in [0, 0.1) is 0 Å². The summed E-state index contributed by atoms with van der Waals surface area (Å²) in [6.07, 6.45) is 2.50. The minimum Gasteiger partial charge on any atom is -0.353 e. The number of carbonyl (C=O) groups is 1. The summed E-state index contributed by atoms with van der Waals surface area (Å²) >= 11 is 3.11. The number of thioether (sulfide) groups is 1. The largest absolute Gasteiger partial charge is 0.353 e. The van der Waals surface area contributed by atoms with Gasteiger partial charge in [0, 0.05) is 16.3 Å². The van der Waals surface area contributed by atoms with Gasteiger partial charge in [-0.15, -0.1) is 11.3 Å². The number of nitrogens with one attached hydrogen (secondary N) is 1. The van der Waals surface area contributed by atoms with Crippen LogP contribution in [0.5, 0.6) is 0 Å². The molecule has 0 saturated heterocycles. The molecule has 4 nitrogen and oxygen atoms in total. The van der Waals surface area contributed by atoms with Crippen molar-refractivity contribution >= 4 is 39.2 Å². The molecule has 0 saturated carbocycles. The van der Waals surface area contributed by atoms with E-state index in [1.807, 2.05) is 25.1 Å². The monoisotopic (exact) mass is 357 g/mol. The highest BCUT2D eigenvalue weighted by atomic mass is 32.2. The zero-order valence-electron chi connectivity index (χ0n) is 13.7. The highest BCUT2D eigenvalue weighted by Gasteiger charge is 2.12. The Bertz CT molecular complexity index is 833. The van der Waals surface area contributed by atoms with E-state index in [0.717, 1.165) is 26.5 Å². The molecule has 0 aliphatic carbocycles. The Morgan fingerprint density at radius 3 is 2.83 bits per heavy atom. The second kappa shape index (κ2) is 7.77. The van der Waals surface area contributed by atoms with E-state index in [1.54, 1.807) is 17.7 Å². The third-order valence-electron chi connectivity index (χ3n) is 3.71.